The van der Waals surface area contributed by atoms with Gasteiger partial charge in [0.25, 0.3) is 0 Å². The molecule has 14 heavy (non-hydrogen) atoms. The fourth-order valence-electron chi connectivity index (χ4n) is 1.67. The van der Waals surface area contributed by atoms with Crippen LogP contribution in [0, 0.1) is 0 Å². The summed E-state index contributed by atoms with van der Waals surface area (Å²) in [6.45, 7) is 4.51. The van der Waals surface area contributed by atoms with Gasteiger partial charge in [0.2, 0.25) is 6.79 Å². The van der Waals surface area contributed by atoms with Crippen molar-refractivity contribution in [1.82, 2.24) is 0 Å². The third-order valence-electron chi connectivity index (χ3n) is 2.43. The molecule has 2 rings (SSSR count). The molecular formula is C11H14O3. The van der Waals surface area contributed by atoms with Crippen LogP contribution in [0.4, 0.5) is 0 Å². The van der Waals surface area contributed by atoms with Crippen molar-refractivity contribution in [2.24, 2.45) is 0 Å². The van der Waals surface area contributed by atoms with Gasteiger partial charge in [-0.1, -0.05) is 13.8 Å². The number of rotatable bonds is 2. The molecule has 3 heteroatoms. The minimum atomic E-state index is 0.0458. The maximum absolute atomic E-state index is 9.20. The molecule has 1 aromatic rings. The van der Waals surface area contributed by atoms with Gasteiger partial charge < -0.3 is 14.6 Å². The molecule has 0 spiro atoms. The summed E-state index contributed by atoms with van der Waals surface area (Å²) in [5.74, 6) is 1.90. The summed E-state index contributed by atoms with van der Waals surface area (Å²) < 4.78 is 10.5. The lowest BCUT2D eigenvalue weighted by Gasteiger charge is -2.11. The number of hydrogen-bond donors (Lipinski definition) is 1. The van der Waals surface area contributed by atoms with E-state index >= 15 is 0 Å². The Bertz CT molecular complexity index is 345. The largest absolute Gasteiger partial charge is 0.454 e. The molecule has 1 heterocycles. The van der Waals surface area contributed by atoms with Crippen molar-refractivity contribution < 1.29 is 14.6 Å². The van der Waals surface area contributed by atoms with E-state index in [0.717, 1.165) is 22.6 Å². The summed E-state index contributed by atoms with van der Waals surface area (Å²) in [6.07, 6.45) is 0. The number of hydrogen-bond acceptors (Lipinski definition) is 3. The van der Waals surface area contributed by atoms with E-state index in [-0.39, 0.29) is 13.4 Å². The van der Waals surface area contributed by atoms with Crippen LogP contribution in [-0.2, 0) is 6.61 Å². The van der Waals surface area contributed by atoms with E-state index in [1.807, 2.05) is 12.1 Å². The van der Waals surface area contributed by atoms with Crippen molar-refractivity contribution in [2.45, 2.75) is 26.4 Å². The van der Waals surface area contributed by atoms with Gasteiger partial charge in [-0.05, 0) is 29.2 Å². The first kappa shape index (κ1) is 9.34. The van der Waals surface area contributed by atoms with Crippen LogP contribution < -0.4 is 9.47 Å². The van der Waals surface area contributed by atoms with Gasteiger partial charge >= 0.3 is 0 Å². The Morgan fingerprint density at radius 3 is 2.50 bits per heavy atom. The molecule has 76 valence electrons. The van der Waals surface area contributed by atoms with Crippen LogP contribution in [-0.4, -0.2) is 11.9 Å². The lowest BCUT2D eigenvalue weighted by atomic mass is 9.97. The molecule has 1 N–H and O–H groups in total. The average molecular weight is 194 g/mol. The van der Waals surface area contributed by atoms with Crippen molar-refractivity contribution in [3.63, 3.8) is 0 Å². The highest BCUT2D eigenvalue weighted by molar-refractivity contribution is 5.49. The van der Waals surface area contributed by atoms with E-state index in [0.29, 0.717) is 5.92 Å². The lowest BCUT2D eigenvalue weighted by molar-refractivity contribution is 0.174. The summed E-state index contributed by atoms with van der Waals surface area (Å²) in [4.78, 5) is 0. The van der Waals surface area contributed by atoms with Crippen molar-refractivity contribution in [3.05, 3.63) is 23.3 Å². The van der Waals surface area contributed by atoms with Crippen LogP contribution >= 0.6 is 0 Å². The fourth-order valence-corrected chi connectivity index (χ4v) is 1.67. The molecule has 0 bridgehead atoms. The normalized spacial score (nSPS) is 13.7. The number of benzene rings is 1. The van der Waals surface area contributed by atoms with Crippen molar-refractivity contribution >= 4 is 0 Å². The molecule has 0 saturated carbocycles. The van der Waals surface area contributed by atoms with Crippen LogP contribution in [0.2, 0.25) is 0 Å². The highest BCUT2D eigenvalue weighted by Crippen LogP contribution is 2.37. The van der Waals surface area contributed by atoms with Crippen LogP contribution in [0.3, 0.4) is 0 Å². The molecule has 0 unspecified atom stereocenters. The van der Waals surface area contributed by atoms with Crippen LogP contribution in [0.25, 0.3) is 0 Å². The van der Waals surface area contributed by atoms with E-state index in [1.165, 1.54) is 0 Å². The minimum absolute atomic E-state index is 0.0458. The molecular weight excluding hydrogens is 180 g/mol. The number of aliphatic hydroxyl groups is 1. The molecule has 0 saturated heterocycles. The Morgan fingerprint density at radius 2 is 1.93 bits per heavy atom. The zero-order chi connectivity index (χ0) is 10.1. The summed E-state index contributed by atoms with van der Waals surface area (Å²) in [6, 6.07) is 3.82. The molecule has 1 aliphatic heterocycles. The van der Waals surface area contributed by atoms with E-state index < -0.39 is 0 Å². The Hall–Kier alpha value is -1.22. The molecule has 1 aliphatic rings. The second-order valence-corrected chi connectivity index (χ2v) is 3.72. The Kier molecular flexibility index (Phi) is 2.33. The van der Waals surface area contributed by atoms with Crippen molar-refractivity contribution in [3.8, 4) is 11.5 Å². The molecule has 1 aromatic carbocycles. The highest BCUT2D eigenvalue weighted by atomic mass is 16.7. The van der Waals surface area contributed by atoms with E-state index in [9.17, 15) is 5.11 Å². The zero-order valence-electron chi connectivity index (χ0n) is 8.41. The van der Waals surface area contributed by atoms with Gasteiger partial charge in [-0.15, -0.1) is 0 Å². The maximum atomic E-state index is 9.20. The van der Waals surface area contributed by atoms with Crippen molar-refractivity contribution in [2.75, 3.05) is 6.79 Å². The van der Waals surface area contributed by atoms with E-state index in [1.54, 1.807) is 0 Å². The summed E-state index contributed by atoms with van der Waals surface area (Å²) >= 11 is 0. The van der Waals surface area contributed by atoms with Crippen LogP contribution in [0.5, 0.6) is 11.5 Å². The summed E-state index contributed by atoms with van der Waals surface area (Å²) in [7, 11) is 0. The van der Waals surface area contributed by atoms with Gasteiger partial charge in [-0.25, -0.2) is 0 Å². The minimum Gasteiger partial charge on any atom is -0.454 e. The SMILES string of the molecule is CC(C)c1cc2c(cc1CO)OCO2. The molecule has 0 aromatic heterocycles. The quantitative estimate of drug-likeness (QED) is 0.782. The van der Waals surface area contributed by atoms with Gasteiger partial charge in [-0.3, -0.25) is 0 Å². The van der Waals surface area contributed by atoms with Gasteiger partial charge in [0.15, 0.2) is 11.5 Å². The number of fused-ring (bicyclic) bond motifs is 1. The number of aliphatic hydroxyl groups excluding tert-OH is 1. The average Bonchev–Trinajstić information content (AvgIpc) is 2.62. The van der Waals surface area contributed by atoms with E-state index in [4.69, 9.17) is 9.47 Å². The van der Waals surface area contributed by atoms with E-state index in [2.05, 4.69) is 13.8 Å². The molecule has 0 aliphatic carbocycles. The first-order valence-corrected chi connectivity index (χ1v) is 4.75. The standard InChI is InChI=1S/C11H14O3/c1-7(2)9-4-11-10(13-6-14-11)3-8(9)5-12/h3-4,7,12H,5-6H2,1-2H3. The molecule has 0 radical (unpaired) electrons. The highest BCUT2D eigenvalue weighted by Gasteiger charge is 2.17. The predicted molar refractivity (Wildman–Crippen MR) is 52.6 cm³/mol. The maximum Gasteiger partial charge on any atom is 0.231 e. The van der Waals surface area contributed by atoms with Gasteiger partial charge in [0.05, 0.1) is 6.61 Å². The van der Waals surface area contributed by atoms with Gasteiger partial charge in [0.1, 0.15) is 0 Å². The number of ether oxygens (including phenoxy) is 2. The third-order valence-corrected chi connectivity index (χ3v) is 2.43. The van der Waals surface area contributed by atoms with Gasteiger partial charge in [-0.2, -0.15) is 0 Å². The van der Waals surface area contributed by atoms with Gasteiger partial charge in [0, 0.05) is 0 Å². The second-order valence-electron chi connectivity index (χ2n) is 3.72. The second kappa shape index (κ2) is 3.50. The molecule has 0 atom stereocenters. The first-order chi connectivity index (χ1) is 6.72. The van der Waals surface area contributed by atoms with Crippen molar-refractivity contribution in [1.29, 1.82) is 0 Å². The smallest absolute Gasteiger partial charge is 0.231 e. The lowest BCUT2D eigenvalue weighted by Crippen LogP contribution is -1.96. The zero-order valence-corrected chi connectivity index (χ0v) is 8.41. The fraction of sp³-hybridized carbons (Fsp3) is 0.455. The van der Waals surface area contributed by atoms with Crippen LogP contribution in [0.1, 0.15) is 30.9 Å². The Morgan fingerprint density at radius 1 is 1.29 bits per heavy atom. The Balaban J connectivity index is 2.49. The molecule has 0 fully saturated rings. The first-order valence-electron chi connectivity index (χ1n) is 4.75. The predicted octanol–water partition coefficient (Wildman–Crippen LogP) is 2.03. The monoisotopic (exact) mass is 194 g/mol. The molecule has 3 nitrogen and oxygen atoms in total. The molecule has 0 amide bonds. The van der Waals surface area contributed by atoms with Crippen LogP contribution in [0.15, 0.2) is 12.1 Å². The topological polar surface area (TPSA) is 38.7 Å². The summed E-state index contributed by atoms with van der Waals surface area (Å²) in [5, 5.41) is 9.20. The Labute approximate surface area is 83.3 Å². The summed E-state index contributed by atoms with van der Waals surface area (Å²) in [5.41, 5.74) is 2.04. The third kappa shape index (κ3) is 1.44.